The molecule has 1 saturated heterocycles. The summed E-state index contributed by atoms with van der Waals surface area (Å²) in [7, 11) is 0. The highest BCUT2D eigenvalue weighted by Crippen LogP contribution is 2.31. The first-order valence-corrected chi connectivity index (χ1v) is 9.92. The van der Waals surface area contributed by atoms with E-state index < -0.39 is 0 Å². The fraction of sp³-hybridized carbons (Fsp3) is 0.375. The van der Waals surface area contributed by atoms with Gasteiger partial charge in [-0.3, -0.25) is 9.69 Å². The van der Waals surface area contributed by atoms with E-state index in [9.17, 15) is 9.18 Å². The lowest BCUT2D eigenvalue weighted by Crippen LogP contribution is -2.46. The molecule has 3 unspecified atom stereocenters. The molecule has 1 aliphatic heterocycles. The molecule has 0 aromatic heterocycles. The van der Waals surface area contributed by atoms with Crippen LogP contribution in [0.5, 0.6) is 0 Å². The smallest absolute Gasteiger partial charge is 0.224 e. The summed E-state index contributed by atoms with van der Waals surface area (Å²) < 4.78 is 13.7. The zero-order valence-electron chi connectivity index (χ0n) is 16.7. The van der Waals surface area contributed by atoms with Crippen LogP contribution in [0, 0.1) is 18.7 Å². The van der Waals surface area contributed by atoms with Crippen LogP contribution in [0.3, 0.4) is 0 Å². The molecule has 0 spiro atoms. The van der Waals surface area contributed by atoms with Gasteiger partial charge in [0, 0.05) is 19.6 Å². The third kappa shape index (κ3) is 4.87. The standard InChI is InChI=1S/C24H29FN2O/c1-4-12-27-15-21(20-10-11-23(25)17(2)13-20)14-22(16-27)24(28)26-18(3)19-8-6-5-7-9-19/h4-11,13,18,21-22H,1,12,14-16H2,2-3H3,(H,26,28). The minimum Gasteiger partial charge on any atom is -0.349 e. The molecule has 0 bridgehead atoms. The normalized spacial score (nSPS) is 21.1. The molecule has 1 heterocycles. The van der Waals surface area contributed by atoms with E-state index in [4.69, 9.17) is 0 Å². The number of nitrogens with zero attached hydrogens (tertiary/aromatic N) is 1. The van der Waals surface area contributed by atoms with Crippen molar-refractivity contribution in [3.05, 3.63) is 83.7 Å². The quantitative estimate of drug-likeness (QED) is 0.743. The van der Waals surface area contributed by atoms with E-state index >= 15 is 0 Å². The molecule has 0 radical (unpaired) electrons. The van der Waals surface area contributed by atoms with Crippen molar-refractivity contribution >= 4 is 5.91 Å². The number of halogens is 1. The zero-order valence-corrected chi connectivity index (χ0v) is 16.7. The van der Waals surface area contributed by atoms with Crippen molar-refractivity contribution in [1.82, 2.24) is 10.2 Å². The predicted molar refractivity (Wildman–Crippen MR) is 112 cm³/mol. The topological polar surface area (TPSA) is 32.3 Å². The monoisotopic (exact) mass is 380 g/mol. The second-order valence-electron chi connectivity index (χ2n) is 7.79. The molecule has 148 valence electrons. The maximum Gasteiger partial charge on any atom is 0.224 e. The van der Waals surface area contributed by atoms with Gasteiger partial charge in [0.1, 0.15) is 5.82 Å². The molecule has 0 saturated carbocycles. The van der Waals surface area contributed by atoms with Crippen LogP contribution in [0.15, 0.2) is 61.2 Å². The molecule has 1 amide bonds. The third-order valence-corrected chi connectivity index (χ3v) is 5.60. The highest BCUT2D eigenvalue weighted by atomic mass is 19.1. The highest BCUT2D eigenvalue weighted by molar-refractivity contribution is 5.79. The Bertz CT molecular complexity index is 821. The summed E-state index contributed by atoms with van der Waals surface area (Å²) in [5, 5.41) is 3.17. The number of nitrogens with one attached hydrogen (secondary N) is 1. The number of hydrogen-bond acceptors (Lipinski definition) is 2. The van der Waals surface area contributed by atoms with Crippen molar-refractivity contribution in [3.8, 4) is 0 Å². The van der Waals surface area contributed by atoms with E-state index in [0.717, 1.165) is 37.2 Å². The molecule has 3 atom stereocenters. The summed E-state index contributed by atoms with van der Waals surface area (Å²) in [5.41, 5.74) is 2.85. The number of aryl methyl sites for hydroxylation is 1. The van der Waals surface area contributed by atoms with Gasteiger partial charge in [-0.2, -0.15) is 0 Å². The summed E-state index contributed by atoms with van der Waals surface area (Å²) in [6.45, 7) is 9.96. The number of hydrogen-bond donors (Lipinski definition) is 1. The lowest BCUT2D eigenvalue weighted by Gasteiger charge is -2.37. The highest BCUT2D eigenvalue weighted by Gasteiger charge is 2.32. The van der Waals surface area contributed by atoms with Gasteiger partial charge in [0.2, 0.25) is 5.91 Å². The first-order chi connectivity index (χ1) is 13.5. The second kappa shape index (κ2) is 9.16. The summed E-state index contributed by atoms with van der Waals surface area (Å²) in [6, 6.07) is 15.3. The number of likely N-dealkylation sites (tertiary alicyclic amines) is 1. The van der Waals surface area contributed by atoms with Gasteiger partial charge in [-0.05, 0) is 48.9 Å². The van der Waals surface area contributed by atoms with Crippen molar-refractivity contribution in [3.63, 3.8) is 0 Å². The van der Waals surface area contributed by atoms with E-state index in [2.05, 4.69) is 16.8 Å². The largest absolute Gasteiger partial charge is 0.349 e. The molecule has 3 rings (SSSR count). The molecule has 1 N–H and O–H groups in total. The van der Waals surface area contributed by atoms with Crippen LogP contribution in [0.4, 0.5) is 4.39 Å². The predicted octanol–water partition coefficient (Wildman–Crippen LogP) is 4.60. The van der Waals surface area contributed by atoms with Gasteiger partial charge >= 0.3 is 0 Å². The Morgan fingerprint density at radius 1 is 1.29 bits per heavy atom. The number of rotatable bonds is 6. The van der Waals surface area contributed by atoms with Crippen LogP contribution in [0.1, 0.15) is 42.0 Å². The first kappa shape index (κ1) is 20.3. The number of amides is 1. The minimum absolute atomic E-state index is 0.0324. The molecular weight excluding hydrogens is 351 g/mol. The fourth-order valence-corrected chi connectivity index (χ4v) is 4.03. The van der Waals surface area contributed by atoms with Gasteiger partial charge in [0.05, 0.1) is 12.0 Å². The lowest BCUT2D eigenvalue weighted by atomic mass is 9.83. The summed E-state index contributed by atoms with van der Waals surface area (Å²) in [5.74, 6) is -0.00608. The summed E-state index contributed by atoms with van der Waals surface area (Å²) in [6.07, 6.45) is 2.64. The Balaban J connectivity index is 1.74. The first-order valence-electron chi connectivity index (χ1n) is 9.92. The average Bonchev–Trinajstić information content (AvgIpc) is 2.70. The molecule has 3 nitrogen and oxygen atoms in total. The number of carbonyl (C=O) groups excluding carboxylic acids is 1. The number of carbonyl (C=O) groups is 1. The van der Waals surface area contributed by atoms with Crippen molar-refractivity contribution in [2.75, 3.05) is 19.6 Å². The Labute approximate surface area is 167 Å². The van der Waals surface area contributed by atoms with E-state index in [1.54, 1.807) is 6.92 Å². The van der Waals surface area contributed by atoms with E-state index in [-0.39, 0.29) is 29.6 Å². The Morgan fingerprint density at radius 2 is 2.04 bits per heavy atom. The SMILES string of the molecule is C=CCN1CC(C(=O)NC(C)c2ccccc2)CC(c2ccc(F)c(C)c2)C1. The van der Waals surface area contributed by atoms with E-state index in [1.165, 1.54) is 6.07 Å². The third-order valence-electron chi connectivity index (χ3n) is 5.60. The van der Waals surface area contributed by atoms with Crippen molar-refractivity contribution in [2.24, 2.45) is 5.92 Å². The maximum absolute atomic E-state index is 13.7. The van der Waals surface area contributed by atoms with Gasteiger partial charge in [0.15, 0.2) is 0 Å². The van der Waals surface area contributed by atoms with Crippen LogP contribution in [0.2, 0.25) is 0 Å². The fourth-order valence-electron chi connectivity index (χ4n) is 4.03. The Morgan fingerprint density at radius 3 is 2.71 bits per heavy atom. The molecular formula is C24H29FN2O. The Hall–Kier alpha value is -2.46. The van der Waals surface area contributed by atoms with E-state index in [1.807, 2.05) is 55.5 Å². The molecule has 1 aliphatic rings. The molecule has 2 aromatic carbocycles. The average molecular weight is 381 g/mol. The molecule has 1 fully saturated rings. The van der Waals surface area contributed by atoms with Crippen LogP contribution in [-0.2, 0) is 4.79 Å². The van der Waals surface area contributed by atoms with Crippen molar-refractivity contribution in [1.29, 1.82) is 0 Å². The summed E-state index contributed by atoms with van der Waals surface area (Å²) >= 11 is 0. The van der Waals surface area contributed by atoms with Gasteiger partial charge in [0.25, 0.3) is 0 Å². The second-order valence-corrected chi connectivity index (χ2v) is 7.79. The van der Waals surface area contributed by atoms with Crippen molar-refractivity contribution in [2.45, 2.75) is 32.2 Å². The van der Waals surface area contributed by atoms with Crippen LogP contribution in [0.25, 0.3) is 0 Å². The van der Waals surface area contributed by atoms with Crippen LogP contribution < -0.4 is 5.32 Å². The molecule has 28 heavy (non-hydrogen) atoms. The Kier molecular flexibility index (Phi) is 6.63. The summed E-state index contributed by atoms with van der Waals surface area (Å²) in [4.78, 5) is 15.3. The van der Waals surface area contributed by atoms with E-state index in [0.29, 0.717) is 5.56 Å². The van der Waals surface area contributed by atoms with Crippen LogP contribution in [-0.4, -0.2) is 30.4 Å². The zero-order chi connectivity index (χ0) is 20.1. The minimum atomic E-state index is -0.187. The molecule has 0 aliphatic carbocycles. The van der Waals surface area contributed by atoms with Crippen molar-refractivity contribution < 1.29 is 9.18 Å². The van der Waals surface area contributed by atoms with Gasteiger partial charge in [-0.15, -0.1) is 6.58 Å². The number of benzene rings is 2. The molecule has 2 aromatic rings. The number of piperidine rings is 1. The van der Waals surface area contributed by atoms with Crippen LogP contribution >= 0.6 is 0 Å². The maximum atomic E-state index is 13.7. The van der Waals surface area contributed by atoms with Gasteiger partial charge < -0.3 is 5.32 Å². The van der Waals surface area contributed by atoms with Gasteiger partial charge in [-0.25, -0.2) is 4.39 Å². The molecule has 4 heteroatoms. The lowest BCUT2D eigenvalue weighted by molar-refractivity contribution is -0.127. The van der Waals surface area contributed by atoms with Gasteiger partial charge in [-0.1, -0.05) is 48.5 Å².